The minimum atomic E-state index is -0.652. The Labute approximate surface area is 271 Å². The Morgan fingerprint density at radius 2 is 1.79 bits per heavy atom. The summed E-state index contributed by atoms with van der Waals surface area (Å²) in [5.74, 6) is 1.65. The molecule has 1 fully saturated rings. The van der Waals surface area contributed by atoms with Crippen molar-refractivity contribution in [2.75, 3.05) is 18.4 Å². The number of hydrogen-bond acceptors (Lipinski definition) is 10. The van der Waals surface area contributed by atoms with Crippen LogP contribution < -0.4 is 5.32 Å². The zero-order valence-electron chi connectivity index (χ0n) is 26.6. The molecule has 1 unspecified atom stereocenters. The van der Waals surface area contributed by atoms with Crippen molar-refractivity contribution in [3.8, 4) is 28.7 Å². The summed E-state index contributed by atoms with van der Waals surface area (Å²) in [4.78, 5) is 32.5. The first kappa shape index (κ1) is 30.2. The molecule has 3 aromatic heterocycles. The number of oxazole rings is 1. The van der Waals surface area contributed by atoms with Crippen LogP contribution in [-0.4, -0.2) is 54.9 Å². The molecule has 0 spiro atoms. The Balaban J connectivity index is 1.22. The second-order valence-electron chi connectivity index (χ2n) is 12.5. The fourth-order valence-electron chi connectivity index (χ4n) is 6.45. The number of benzene rings is 3. The van der Waals surface area contributed by atoms with Crippen LogP contribution in [0.1, 0.15) is 51.8 Å². The molecule has 0 bridgehead atoms. The molecule has 6 aromatic rings. The molecular formula is C37H33N7O3. The lowest BCUT2D eigenvalue weighted by Crippen LogP contribution is -2.29. The summed E-state index contributed by atoms with van der Waals surface area (Å²) in [6.07, 6.45) is 3.32. The highest BCUT2D eigenvalue weighted by molar-refractivity contribution is 5.91. The maximum absolute atomic E-state index is 11.4. The smallest absolute Gasteiger partial charge is 0.227 e. The maximum Gasteiger partial charge on any atom is 0.227 e. The van der Waals surface area contributed by atoms with Gasteiger partial charge in [0.1, 0.15) is 29.2 Å². The normalized spacial score (nSPS) is 16.5. The van der Waals surface area contributed by atoms with Crippen molar-refractivity contribution in [1.29, 1.82) is 5.26 Å². The van der Waals surface area contributed by atoms with Crippen LogP contribution in [0.4, 0.5) is 11.5 Å². The van der Waals surface area contributed by atoms with E-state index in [4.69, 9.17) is 14.4 Å². The number of nitriles is 1. The number of β-amino-alcohol motifs (C(OH)–C–C–N with tert-alkyl or cyclic N) is 1. The van der Waals surface area contributed by atoms with Gasteiger partial charge in [-0.05, 0) is 92.3 Å². The molecule has 4 heterocycles. The molecule has 0 amide bonds. The quantitative estimate of drug-likeness (QED) is 0.182. The van der Waals surface area contributed by atoms with Gasteiger partial charge < -0.3 is 14.8 Å². The largest absolute Gasteiger partial charge is 0.435 e. The first-order valence-corrected chi connectivity index (χ1v) is 15.5. The fourth-order valence-corrected chi connectivity index (χ4v) is 6.45. The van der Waals surface area contributed by atoms with Crippen molar-refractivity contribution in [3.05, 3.63) is 94.4 Å². The lowest BCUT2D eigenvalue weighted by atomic mass is 9.93. The first-order valence-electron chi connectivity index (χ1n) is 15.5. The molecule has 2 N–H and O–H groups in total. The Kier molecular flexibility index (Phi) is 7.51. The van der Waals surface area contributed by atoms with E-state index < -0.39 is 5.60 Å². The number of pyridine rings is 1. The number of likely N-dealkylation sites (tertiary alicyclic amines) is 1. The molecule has 10 heteroatoms. The number of hydrogen-bond donors (Lipinski definition) is 2. The molecule has 1 atom stereocenters. The van der Waals surface area contributed by atoms with Crippen LogP contribution in [0.5, 0.6) is 0 Å². The van der Waals surface area contributed by atoms with E-state index in [1.807, 2.05) is 51.2 Å². The molecule has 0 radical (unpaired) electrons. The third-order valence-electron chi connectivity index (χ3n) is 8.85. The number of aryl methyl sites for hydroxylation is 1. The highest BCUT2D eigenvalue weighted by Gasteiger charge is 2.31. The zero-order chi connectivity index (χ0) is 32.9. The van der Waals surface area contributed by atoms with Crippen molar-refractivity contribution in [1.82, 2.24) is 24.8 Å². The third kappa shape index (κ3) is 5.71. The van der Waals surface area contributed by atoms with E-state index in [0.717, 1.165) is 57.6 Å². The summed E-state index contributed by atoms with van der Waals surface area (Å²) < 4.78 is 6.09. The van der Waals surface area contributed by atoms with Crippen molar-refractivity contribution >= 4 is 39.9 Å². The predicted molar refractivity (Wildman–Crippen MR) is 180 cm³/mol. The van der Waals surface area contributed by atoms with Crippen LogP contribution >= 0.6 is 0 Å². The molecule has 7 rings (SSSR count). The zero-order valence-corrected chi connectivity index (χ0v) is 26.6. The van der Waals surface area contributed by atoms with Gasteiger partial charge in [0.15, 0.2) is 11.4 Å². The highest BCUT2D eigenvalue weighted by Crippen LogP contribution is 2.37. The van der Waals surface area contributed by atoms with Crippen LogP contribution in [0.25, 0.3) is 44.7 Å². The van der Waals surface area contributed by atoms with Gasteiger partial charge in [0.2, 0.25) is 5.89 Å². The van der Waals surface area contributed by atoms with Gasteiger partial charge in [-0.3, -0.25) is 14.7 Å². The van der Waals surface area contributed by atoms with Gasteiger partial charge in [0, 0.05) is 42.6 Å². The fraction of sp³-hybridized carbons (Fsp3) is 0.243. The number of anilines is 2. The van der Waals surface area contributed by atoms with E-state index in [2.05, 4.69) is 51.4 Å². The molecule has 3 aromatic carbocycles. The average Bonchev–Trinajstić information content (AvgIpc) is 3.63. The van der Waals surface area contributed by atoms with Gasteiger partial charge in [0.25, 0.3) is 0 Å². The molecule has 1 aliphatic heterocycles. The Morgan fingerprint density at radius 3 is 2.53 bits per heavy atom. The second kappa shape index (κ2) is 11.7. The number of nitrogens with zero attached hydrogens (tertiary/aromatic N) is 6. The number of aliphatic hydroxyl groups is 1. The lowest BCUT2D eigenvalue weighted by molar-refractivity contribution is 0.0679. The Morgan fingerprint density at radius 1 is 1.02 bits per heavy atom. The molecule has 0 saturated carbocycles. The summed E-state index contributed by atoms with van der Waals surface area (Å²) in [7, 11) is 0. The number of carbonyl (C=O) groups is 1. The van der Waals surface area contributed by atoms with E-state index in [1.165, 1.54) is 6.07 Å². The van der Waals surface area contributed by atoms with E-state index in [-0.39, 0.29) is 5.56 Å². The van der Waals surface area contributed by atoms with E-state index in [1.54, 1.807) is 6.07 Å². The standard InChI is InChI=1S/C37H33N7O3/c1-21-27(7-5-9-29(21)36-43-32-14-24(19-45)13-26(16-38)34(32)47-36)28-8-6-10-30(22(28)2)42-35-33-31(40-23(3)41-35)15-25(17-39-33)18-44-12-11-37(4,46)20-44/h5-10,13-15,17,19,46H,11-12,18,20H2,1-4H3,(H,40,41,42). The summed E-state index contributed by atoms with van der Waals surface area (Å²) >= 11 is 0. The summed E-state index contributed by atoms with van der Waals surface area (Å²) in [5.41, 5.74) is 9.00. The minimum absolute atomic E-state index is 0.269. The van der Waals surface area contributed by atoms with Gasteiger partial charge in [-0.1, -0.05) is 24.3 Å². The first-order chi connectivity index (χ1) is 22.6. The van der Waals surface area contributed by atoms with Crippen molar-refractivity contribution in [2.24, 2.45) is 0 Å². The molecule has 47 heavy (non-hydrogen) atoms. The van der Waals surface area contributed by atoms with Crippen molar-refractivity contribution < 1.29 is 14.3 Å². The van der Waals surface area contributed by atoms with Gasteiger partial charge in [0.05, 0.1) is 16.7 Å². The molecular weight excluding hydrogens is 590 g/mol. The van der Waals surface area contributed by atoms with E-state index in [9.17, 15) is 15.2 Å². The number of nitrogens with one attached hydrogen (secondary N) is 1. The van der Waals surface area contributed by atoms with E-state index in [0.29, 0.717) is 59.1 Å². The van der Waals surface area contributed by atoms with Gasteiger partial charge in [-0.2, -0.15) is 5.26 Å². The summed E-state index contributed by atoms with van der Waals surface area (Å²) in [6.45, 7) is 10.0. The summed E-state index contributed by atoms with van der Waals surface area (Å²) in [5, 5.41) is 23.5. The Bertz CT molecular complexity index is 2250. The number of rotatable bonds is 7. The van der Waals surface area contributed by atoms with E-state index >= 15 is 0 Å². The maximum atomic E-state index is 11.4. The molecule has 10 nitrogen and oxygen atoms in total. The lowest BCUT2D eigenvalue weighted by Gasteiger charge is -2.19. The van der Waals surface area contributed by atoms with Crippen LogP contribution in [0.15, 0.2) is 65.2 Å². The SMILES string of the molecule is Cc1nc(Nc2cccc(-c3cccc(-c4nc5cc(C=O)cc(C#N)c5o4)c3C)c2C)c2ncc(CN3CCC(C)(O)C3)cc2n1. The van der Waals surface area contributed by atoms with Gasteiger partial charge in [-0.15, -0.1) is 0 Å². The monoisotopic (exact) mass is 623 g/mol. The van der Waals surface area contributed by atoms with Crippen LogP contribution in [0, 0.1) is 32.1 Å². The summed E-state index contributed by atoms with van der Waals surface area (Å²) in [6, 6.07) is 19.4. The Hall–Kier alpha value is -5.50. The topological polar surface area (TPSA) is 141 Å². The van der Waals surface area contributed by atoms with Gasteiger partial charge >= 0.3 is 0 Å². The van der Waals surface area contributed by atoms with Crippen LogP contribution in [-0.2, 0) is 6.54 Å². The predicted octanol–water partition coefficient (Wildman–Crippen LogP) is 6.81. The molecule has 0 aliphatic carbocycles. The number of aromatic nitrogens is 4. The van der Waals surface area contributed by atoms with Crippen molar-refractivity contribution in [2.45, 2.75) is 46.3 Å². The molecule has 1 saturated heterocycles. The number of aldehydes is 1. The molecule has 1 aliphatic rings. The van der Waals surface area contributed by atoms with Gasteiger partial charge in [-0.25, -0.2) is 15.0 Å². The minimum Gasteiger partial charge on any atom is -0.435 e. The third-order valence-corrected chi connectivity index (χ3v) is 8.85. The molecule has 234 valence electrons. The highest BCUT2D eigenvalue weighted by atomic mass is 16.3. The number of carbonyl (C=O) groups excluding carboxylic acids is 1. The average molecular weight is 624 g/mol. The van der Waals surface area contributed by atoms with Crippen LogP contribution in [0.3, 0.4) is 0 Å². The van der Waals surface area contributed by atoms with Crippen molar-refractivity contribution in [3.63, 3.8) is 0 Å². The van der Waals surface area contributed by atoms with Crippen LogP contribution in [0.2, 0.25) is 0 Å². The second-order valence-corrected chi connectivity index (χ2v) is 12.5. The number of fused-ring (bicyclic) bond motifs is 2.